The predicted octanol–water partition coefficient (Wildman–Crippen LogP) is 3.33. The summed E-state index contributed by atoms with van der Waals surface area (Å²) in [5.74, 6) is 1.56. The van der Waals surface area contributed by atoms with Crippen molar-refractivity contribution in [3.8, 4) is 11.5 Å². The lowest BCUT2D eigenvalue weighted by Crippen LogP contribution is -2.15. The van der Waals surface area contributed by atoms with Gasteiger partial charge in [0.1, 0.15) is 23.9 Å². The van der Waals surface area contributed by atoms with Gasteiger partial charge in [-0.1, -0.05) is 0 Å². The molecule has 0 bridgehead atoms. The minimum atomic E-state index is -0.566. The summed E-state index contributed by atoms with van der Waals surface area (Å²) in [4.78, 5) is 9.99. The van der Waals surface area contributed by atoms with Crippen molar-refractivity contribution >= 4 is 27.5 Å². The number of nitro groups is 1. The second kappa shape index (κ2) is 5.65. The minimum absolute atomic E-state index is 0.270. The fraction of sp³-hybridized carbons (Fsp3) is 0.231. The molecule has 0 saturated carbocycles. The SMILES string of the molecule is O=[N+]([O-])c1ccc(CNc2cc3c(cc2Br)OCCO3)o1. The van der Waals surface area contributed by atoms with E-state index in [0.29, 0.717) is 37.0 Å². The van der Waals surface area contributed by atoms with Crippen molar-refractivity contribution in [2.75, 3.05) is 18.5 Å². The van der Waals surface area contributed by atoms with E-state index in [1.807, 2.05) is 12.1 Å². The average molecular weight is 355 g/mol. The van der Waals surface area contributed by atoms with Crippen LogP contribution in [0.4, 0.5) is 11.6 Å². The van der Waals surface area contributed by atoms with Crippen molar-refractivity contribution in [1.29, 1.82) is 0 Å². The van der Waals surface area contributed by atoms with Gasteiger partial charge in [-0.2, -0.15) is 0 Å². The van der Waals surface area contributed by atoms with Gasteiger partial charge in [0.2, 0.25) is 0 Å². The van der Waals surface area contributed by atoms with E-state index in [2.05, 4.69) is 21.2 Å². The van der Waals surface area contributed by atoms with Gasteiger partial charge in [-0.15, -0.1) is 0 Å². The lowest BCUT2D eigenvalue weighted by Gasteiger charge is -2.20. The lowest BCUT2D eigenvalue weighted by molar-refractivity contribution is -0.402. The molecular formula is C13H11BrN2O5. The van der Waals surface area contributed by atoms with Gasteiger partial charge in [-0.3, -0.25) is 10.1 Å². The highest BCUT2D eigenvalue weighted by atomic mass is 79.9. The van der Waals surface area contributed by atoms with Crippen LogP contribution >= 0.6 is 15.9 Å². The van der Waals surface area contributed by atoms with E-state index in [1.165, 1.54) is 6.07 Å². The zero-order valence-corrected chi connectivity index (χ0v) is 12.4. The lowest BCUT2D eigenvalue weighted by atomic mass is 10.2. The number of furan rings is 1. The van der Waals surface area contributed by atoms with Crippen LogP contribution in [0, 0.1) is 10.1 Å². The Morgan fingerprint density at radius 3 is 2.62 bits per heavy atom. The van der Waals surface area contributed by atoms with Crippen molar-refractivity contribution in [3.05, 3.63) is 44.6 Å². The topological polar surface area (TPSA) is 86.8 Å². The molecule has 8 heteroatoms. The third-order valence-corrected chi connectivity index (χ3v) is 3.57. The number of benzene rings is 1. The molecule has 0 atom stereocenters. The van der Waals surface area contributed by atoms with Gasteiger partial charge in [-0.05, 0) is 22.0 Å². The molecule has 2 aromatic rings. The van der Waals surface area contributed by atoms with E-state index in [0.717, 1.165) is 10.2 Å². The molecule has 2 heterocycles. The Hall–Kier alpha value is -2.22. The fourth-order valence-corrected chi connectivity index (χ4v) is 2.40. The van der Waals surface area contributed by atoms with E-state index in [1.54, 1.807) is 6.07 Å². The Labute approximate surface area is 128 Å². The maximum Gasteiger partial charge on any atom is 0.433 e. The van der Waals surface area contributed by atoms with E-state index in [9.17, 15) is 10.1 Å². The number of nitrogens with zero attached hydrogens (tertiary/aromatic N) is 1. The zero-order valence-electron chi connectivity index (χ0n) is 10.8. The molecule has 1 aliphatic rings. The molecule has 0 spiro atoms. The van der Waals surface area contributed by atoms with Gasteiger partial charge in [-0.25, -0.2) is 0 Å². The first-order chi connectivity index (χ1) is 10.1. The summed E-state index contributed by atoms with van der Waals surface area (Å²) in [6.45, 7) is 1.37. The third-order valence-electron chi connectivity index (χ3n) is 2.91. The van der Waals surface area contributed by atoms with Gasteiger partial charge in [0.05, 0.1) is 18.3 Å². The molecule has 0 aliphatic carbocycles. The van der Waals surface area contributed by atoms with Gasteiger partial charge >= 0.3 is 5.88 Å². The fourth-order valence-electron chi connectivity index (χ4n) is 1.94. The molecule has 7 nitrogen and oxygen atoms in total. The van der Waals surface area contributed by atoms with Crippen LogP contribution in [0.2, 0.25) is 0 Å². The molecule has 1 N–H and O–H groups in total. The Morgan fingerprint density at radius 1 is 1.24 bits per heavy atom. The number of fused-ring (bicyclic) bond motifs is 1. The third kappa shape index (κ3) is 2.94. The molecule has 0 amide bonds. The number of ether oxygens (including phenoxy) is 2. The normalized spacial score (nSPS) is 13.0. The van der Waals surface area contributed by atoms with Gasteiger partial charge in [0.15, 0.2) is 11.5 Å². The number of hydrogen-bond acceptors (Lipinski definition) is 6. The zero-order chi connectivity index (χ0) is 14.8. The van der Waals surface area contributed by atoms with Crippen LogP contribution in [-0.4, -0.2) is 18.1 Å². The van der Waals surface area contributed by atoms with E-state index in [4.69, 9.17) is 13.9 Å². The van der Waals surface area contributed by atoms with Crippen LogP contribution in [0.1, 0.15) is 5.76 Å². The van der Waals surface area contributed by atoms with Crippen LogP contribution in [0.5, 0.6) is 11.5 Å². The molecule has 1 aromatic carbocycles. The summed E-state index contributed by atoms with van der Waals surface area (Å²) in [6.07, 6.45) is 0. The van der Waals surface area contributed by atoms with E-state index >= 15 is 0 Å². The number of anilines is 1. The van der Waals surface area contributed by atoms with Crippen molar-refractivity contribution in [2.24, 2.45) is 0 Å². The van der Waals surface area contributed by atoms with Crippen molar-refractivity contribution in [1.82, 2.24) is 0 Å². The molecule has 0 unspecified atom stereocenters. The van der Waals surface area contributed by atoms with Crippen LogP contribution < -0.4 is 14.8 Å². The first-order valence-corrected chi connectivity index (χ1v) is 6.99. The van der Waals surface area contributed by atoms with E-state index < -0.39 is 4.92 Å². The quantitative estimate of drug-likeness (QED) is 0.669. The van der Waals surface area contributed by atoms with Crippen LogP contribution in [0.15, 0.2) is 33.2 Å². The monoisotopic (exact) mass is 354 g/mol. The Balaban J connectivity index is 1.73. The summed E-state index contributed by atoms with van der Waals surface area (Å²) in [5, 5.41) is 13.7. The standard InChI is InChI=1S/C13H11BrN2O5/c14-9-5-11-12(20-4-3-19-11)6-10(9)15-7-8-1-2-13(21-8)16(17)18/h1-2,5-6,15H,3-4,7H2. The molecule has 110 valence electrons. The predicted molar refractivity (Wildman–Crippen MR) is 77.8 cm³/mol. The first kappa shape index (κ1) is 13.7. The maximum atomic E-state index is 10.6. The summed E-state index contributed by atoms with van der Waals surface area (Å²) < 4.78 is 16.9. The molecule has 0 radical (unpaired) electrons. The summed E-state index contributed by atoms with van der Waals surface area (Å²) >= 11 is 3.44. The summed E-state index contributed by atoms with van der Waals surface area (Å²) in [6, 6.07) is 6.53. The molecule has 21 heavy (non-hydrogen) atoms. The number of nitrogens with one attached hydrogen (secondary N) is 1. The Morgan fingerprint density at radius 2 is 1.95 bits per heavy atom. The first-order valence-electron chi connectivity index (χ1n) is 6.19. The van der Waals surface area contributed by atoms with Gasteiger partial charge in [0.25, 0.3) is 0 Å². The second-order valence-electron chi connectivity index (χ2n) is 4.33. The molecular weight excluding hydrogens is 344 g/mol. The van der Waals surface area contributed by atoms with Crippen LogP contribution in [0.25, 0.3) is 0 Å². The molecule has 1 aromatic heterocycles. The van der Waals surface area contributed by atoms with Crippen molar-refractivity contribution in [2.45, 2.75) is 6.54 Å². The van der Waals surface area contributed by atoms with Crippen LogP contribution in [-0.2, 0) is 6.54 Å². The Kier molecular flexibility index (Phi) is 3.70. The molecule has 1 aliphatic heterocycles. The summed E-state index contributed by atoms with van der Waals surface area (Å²) in [5.41, 5.74) is 0.790. The second-order valence-corrected chi connectivity index (χ2v) is 5.18. The number of halogens is 1. The Bertz CT molecular complexity index is 685. The largest absolute Gasteiger partial charge is 0.486 e. The minimum Gasteiger partial charge on any atom is -0.486 e. The van der Waals surface area contributed by atoms with E-state index in [-0.39, 0.29) is 5.88 Å². The average Bonchev–Trinajstić information content (AvgIpc) is 2.94. The highest BCUT2D eigenvalue weighted by Crippen LogP contribution is 2.38. The smallest absolute Gasteiger partial charge is 0.433 e. The maximum absolute atomic E-state index is 10.6. The van der Waals surface area contributed by atoms with Gasteiger partial charge < -0.3 is 19.2 Å². The molecule has 0 fully saturated rings. The highest BCUT2D eigenvalue weighted by Gasteiger charge is 2.16. The van der Waals surface area contributed by atoms with Crippen molar-refractivity contribution in [3.63, 3.8) is 0 Å². The van der Waals surface area contributed by atoms with Crippen LogP contribution in [0.3, 0.4) is 0 Å². The summed E-state index contributed by atoms with van der Waals surface area (Å²) in [7, 11) is 0. The molecule has 0 saturated heterocycles. The number of rotatable bonds is 4. The molecule has 3 rings (SSSR count). The highest BCUT2D eigenvalue weighted by molar-refractivity contribution is 9.10. The number of hydrogen-bond donors (Lipinski definition) is 1. The van der Waals surface area contributed by atoms with Gasteiger partial charge in [0, 0.05) is 16.6 Å². The van der Waals surface area contributed by atoms with Crippen molar-refractivity contribution < 1.29 is 18.8 Å².